The summed E-state index contributed by atoms with van der Waals surface area (Å²) < 4.78 is 0. The summed E-state index contributed by atoms with van der Waals surface area (Å²) in [6.07, 6.45) is 0.793. The van der Waals surface area contributed by atoms with Gasteiger partial charge in [-0.25, -0.2) is 0 Å². The number of carboxylic acids is 1. The van der Waals surface area contributed by atoms with E-state index in [-0.39, 0.29) is 6.61 Å². The van der Waals surface area contributed by atoms with Gasteiger partial charge in [-0.1, -0.05) is 30.3 Å². The van der Waals surface area contributed by atoms with Crippen LogP contribution in [0.4, 0.5) is 0 Å². The van der Waals surface area contributed by atoms with E-state index in [1.54, 1.807) is 0 Å². The minimum atomic E-state index is -0.845. The van der Waals surface area contributed by atoms with Crippen molar-refractivity contribution in [3.63, 3.8) is 0 Å². The van der Waals surface area contributed by atoms with E-state index in [4.69, 9.17) is 10.2 Å². The number of hydrogen-bond acceptors (Lipinski definition) is 2. The maximum absolute atomic E-state index is 10.8. The fourth-order valence-corrected chi connectivity index (χ4v) is 1.37. The van der Waals surface area contributed by atoms with Crippen LogP contribution >= 0.6 is 0 Å². The lowest BCUT2D eigenvalue weighted by Crippen LogP contribution is -2.17. The Kier molecular flexibility index (Phi) is 4.13. The Hall–Kier alpha value is -1.35. The second-order valence-corrected chi connectivity index (χ2v) is 3.24. The van der Waals surface area contributed by atoms with Crippen LogP contribution in [0.15, 0.2) is 30.3 Å². The summed E-state index contributed by atoms with van der Waals surface area (Å²) in [5.74, 6) is -1.33. The van der Waals surface area contributed by atoms with Crippen molar-refractivity contribution >= 4 is 5.97 Å². The minimum absolute atomic E-state index is 0.0796. The van der Waals surface area contributed by atoms with E-state index in [9.17, 15) is 4.79 Å². The standard InChI is InChI=1S/C11H14O3/c12-7-6-10(11(13)14)8-9-4-2-1-3-5-9/h1-5,10,12H,6-8H2,(H,13,14). The molecule has 1 atom stereocenters. The van der Waals surface area contributed by atoms with E-state index >= 15 is 0 Å². The maximum atomic E-state index is 10.8. The van der Waals surface area contributed by atoms with Crippen LogP contribution in [-0.4, -0.2) is 22.8 Å². The highest BCUT2D eigenvalue weighted by Gasteiger charge is 2.16. The molecular weight excluding hydrogens is 180 g/mol. The third-order valence-corrected chi connectivity index (χ3v) is 2.15. The number of carbonyl (C=O) groups is 1. The molecule has 1 aromatic carbocycles. The van der Waals surface area contributed by atoms with E-state index in [1.807, 2.05) is 30.3 Å². The molecule has 0 aliphatic heterocycles. The Morgan fingerprint density at radius 2 is 1.93 bits per heavy atom. The van der Waals surface area contributed by atoms with Crippen molar-refractivity contribution in [2.24, 2.45) is 5.92 Å². The van der Waals surface area contributed by atoms with Gasteiger partial charge in [0.25, 0.3) is 0 Å². The highest BCUT2D eigenvalue weighted by molar-refractivity contribution is 5.70. The Morgan fingerprint density at radius 1 is 1.29 bits per heavy atom. The molecule has 0 heterocycles. The number of rotatable bonds is 5. The van der Waals surface area contributed by atoms with E-state index < -0.39 is 11.9 Å². The lowest BCUT2D eigenvalue weighted by atomic mass is 9.97. The van der Waals surface area contributed by atoms with Gasteiger partial charge in [0.1, 0.15) is 0 Å². The molecule has 3 heteroatoms. The summed E-state index contributed by atoms with van der Waals surface area (Å²) in [5.41, 5.74) is 0.994. The summed E-state index contributed by atoms with van der Waals surface area (Å²) in [6, 6.07) is 9.45. The first-order chi connectivity index (χ1) is 6.74. The van der Waals surface area contributed by atoms with Crippen LogP contribution in [-0.2, 0) is 11.2 Å². The summed E-state index contributed by atoms with van der Waals surface area (Å²) >= 11 is 0. The van der Waals surface area contributed by atoms with Crippen LogP contribution in [0.3, 0.4) is 0 Å². The highest BCUT2D eigenvalue weighted by atomic mass is 16.4. The minimum Gasteiger partial charge on any atom is -0.481 e. The molecule has 0 aromatic heterocycles. The third-order valence-electron chi connectivity index (χ3n) is 2.15. The molecule has 0 radical (unpaired) electrons. The molecule has 0 spiro atoms. The zero-order valence-corrected chi connectivity index (χ0v) is 7.89. The van der Waals surface area contributed by atoms with Gasteiger partial charge in [-0.2, -0.15) is 0 Å². The smallest absolute Gasteiger partial charge is 0.306 e. The quantitative estimate of drug-likeness (QED) is 0.743. The Bertz CT molecular complexity index is 282. The lowest BCUT2D eigenvalue weighted by Gasteiger charge is -2.10. The van der Waals surface area contributed by atoms with Crippen molar-refractivity contribution in [2.75, 3.05) is 6.61 Å². The predicted molar refractivity (Wildman–Crippen MR) is 53.0 cm³/mol. The molecule has 2 N–H and O–H groups in total. The average molecular weight is 194 g/mol. The average Bonchev–Trinajstić information content (AvgIpc) is 2.18. The number of aliphatic hydroxyl groups excluding tert-OH is 1. The van der Waals surface area contributed by atoms with Crippen LogP contribution in [0.2, 0.25) is 0 Å². The molecule has 76 valence electrons. The van der Waals surface area contributed by atoms with Crippen LogP contribution in [0.5, 0.6) is 0 Å². The summed E-state index contributed by atoms with van der Waals surface area (Å²) in [7, 11) is 0. The molecule has 0 saturated carbocycles. The number of hydrogen-bond donors (Lipinski definition) is 2. The van der Waals surface area contributed by atoms with E-state index in [2.05, 4.69) is 0 Å². The van der Waals surface area contributed by atoms with Gasteiger partial charge < -0.3 is 10.2 Å². The first-order valence-corrected chi connectivity index (χ1v) is 4.61. The van der Waals surface area contributed by atoms with Gasteiger partial charge in [-0.3, -0.25) is 4.79 Å². The van der Waals surface area contributed by atoms with Gasteiger partial charge >= 0.3 is 5.97 Å². The predicted octanol–water partition coefficient (Wildman–Crippen LogP) is 1.31. The summed E-state index contributed by atoms with van der Waals surface area (Å²) in [4.78, 5) is 10.8. The Morgan fingerprint density at radius 3 is 2.43 bits per heavy atom. The number of benzene rings is 1. The van der Waals surface area contributed by atoms with E-state index in [1.165, 1.54) is 0 Å². The number of carboxylic acid groups (broad SMARTS) is 1. The van der Waals surface area contributed by atoms with Gasteiger partial charge in [0.2, 0.25) is 0 Å². The number of aliphatic hydroxyl groups is 1. The van der Waals surface area contributed by atoms with E-state index in [0.29, 0.717) is 12.8 Å². The first kappa shape index (κ1) is 10.7. The molecule has 0 aliphatic carbocycles. The Balaban J connectivity index is 2.60. The first-order valence-electron chi connectivity index (χ1n) is 4.61. The molecule has 0 saturated heterocycles. The van der Waals surface area contributed by atoms with Crippen molar-refractivity contribution in [2.45, 2.75) is 12.8 Å². The molecule has 1 aromatic rings. The molecule has 0 aliphatic rings. The van der Waals surface area contributed by atoms with Crippen LogP contribution in [0.25, 0.3) is 0 Å². The summed E-state index contributed by atoms with van der Waals surface area (Å²) in [5, 5.41) is 17.6. The molecule has 1 unspecified atom stereocenters. The van der Waals surface area contributed by atoms with Crippen molar-refractivity contribution in [1.82, 2.24) is 0 Å². The zero-order valence-electron chi connectivity index (χ0n) is 7.89. The van der Waals surface area contributed by atoms with Gasteiger partial charge in [-0.05, 0) is 18.4 Å². The fourth-order valence-electron chi connectivity index (χ4n) is 1.37. The van der Waals surface area contributed by atoms with Crippen LogP contribution in [0.1, 0.15) is 12.0 Å². The SMILES string of the molecule is O=C(O)C(CCO)Cc1ccccc1. The Labute approximate surface area is 83.0 Å². The van der Waals surface area contributed by atoms with Crippen molar-refractivity contribution < 1.29 is 15.0 Å². The molecule has 0 bridgehead atoms. The number of aliphatic carboxylic acids is 1. The van der Waals surface area contributed by atoms with Gasteiger partial charge in [0, 0.05) is 6.61 Å². The molecule has 14 heavy (non-hydrogen) atoms. The normalized spacial score (nSPS) is 12.4. The largest absolute Gasteiger partial charge is 0.481 e. The highest BCUT2D eigenvalue weighted by Crippen LogP contribution is 2.12. The van der Waals surface area contributed by atoms with Crippen molar-refractivity contribution in [1.29, 1.82) is 0 Å². The molecule has 3 nitrogen and oxygen atoms in total. The molecule has 1 rings (SSSR count). The van der Waals surface area contributed by atoms with Crippen molar-refractivity contribution in [3.8, 4) is 0 Å². The van der Waals surface area contributed by atoms with Gasteiger partial charge in [0.05, 0.1) is 5.92 Å². The third kappa shape index (κ3) is 3.18. The maximum Gasteiger partial charge on any atom is 0.306 e. The van der Waals surface area contributed by atoms with Crippen LogP contribution < -0.4 is 0 Å². The van der Waals surface area contributed by atoms with Gasteiger partial charge in [0.15, 0.2) is 0 Å². The van der Waals surface area contributed by atoms with Gasteiger partial charge in [-0.15, -0.1) is 0 Å². The second-order valence-electron chi connectivity index (χ2n) is 3.24. The second kappa shape index (κ2) is 5.40. The van der Waals surface area contributed by atoms with E-state index in [0.717, 1.165) is 5.56 Å². The lowest BCUT2D eigenvalue weighted by molar-refractivity contribution is -0.142. The van der Waals surface area contributed by atoms with Crippen molar-refractivity contribution in [3.05, 3.63) is 35.9 Å². The topological polar surface area (TPSA) is 57.5 Å². The molecule has 0 fully saturated rings. The zero-order chi connectivity index (χ0) is 10.4. The fraction of sp³-hybridized carbons (Fsp3) is 0.364. The summed E-state index contributed by atoms with van der Waals surface area (Å²) in [6.45, 7) is -0.0796. The molecular formula is C11H14O3. The van der Waals surface area contributed by atoms with Crippen LogP contribution in [0, 0.1) is 5.92 Å². The monoisotopic (exact) mass is 194 g/mol. The molecule has 0 amide bonds.